The van der Waals surface area contributed by atoms with Gasteiger partial charge in [0, 0.05) is 12.8 Å². The number of unbranched alkanes of at least 4 members (excludes halogenated alkanes) is 2. The van der Waals surface area contributed by atoms with Gasteiger partial charge >= 0.3 is 29.8 Å². The fourth-order valence-corrected chi connectivity index (χ4v) is 5.59. The minimum atomic E-state index is -2.01. The molecule has 0 saturated carbocycles. The molecule has 0 radical (unpaired) electrons. The molecule has 0 fully saturated rings. The zero-order chi connectivity index (χ0) is 51.2. The van der Waals surface area contributed by atoms with Crippen LogP contribution in [0.4, 0.5) is 0 Å². The van der Waals surface area contributed by atoms with E-state index in [9.17, 15) is 87.9 Å². The standard InChI is InChI=1S/C37H61N11O19/c38-11-3-1-5-18(40)31(60)45-20(8-10-28(54)55)34(63)48-23(14-30(58)59)36(65)46-19(7-9-27(52)53)32(61)41-16-26(51)44-24(17-49)33(62)42-15-25(50)43-22(13-29(56)57)35(64)47-21(37(66)67)6-2-4-12-39/h18-24,49H,1-17,38-40H2,(H,41,61)(H,42,62)(H,43,50)(H,44,51)(H,45,60)(H,46,65)(H,47,64)(H,48,63)(H,52,53)(H,54,55)(H,56,57)(H,58,59)(H,66,67). The Kier molecular flexibility index (Phi) is 29.2. The van der Waals surface area contributed by atoms with Crippen LogP contribution in [0.5, 0.6) is 0 Å². The third kappa shape index (κ3) is 26.5. The Morgan fingerprint density at radius 2 is 0.776 bits per heavy atom. The van der Waals surface area contributed by atoms with Crippen molar-refractivity contribution in [2.45, 2.75) is 119 Å². The van der Waals surface area contributed by atoms with E-state index in [1.165, 1.54) is 0 Å². The largest absolute Gasteiger partial charge is 0.481 e. The Morgan fingerprint density at radius 1 is 0.403 bits per heavy atom. The molecular weight excluding hydrogens is 902 g/mol. The molecule has 20 N–H and O–H groups in total. The van der Waals surface area contributed by atoms with Gasteiger partial charge in [0.1, 0.15) is 36.3 Å². The molecule has 378 valence electrons. The average Bonchev–Trinajstić information content (AvgIpc) is 3.24. The number of carboxylic acids is 5. The monoisotopic (exact) mass is 963 g/mol. The maximum absolute atomic E-state index is 13.3. The number of hydrogen-bond donors (Lipinski definition) is 17. The van der Waals surface area contributed by atoms with Crippen LogP contribution >= 0.6 is 0 Å². The molecular formula is C37H61N11O19. The summed E-state index contributed by atoms with van der Waals surface area (Å²) in [5, 5.41) is 72.8. The predicted molar refractivity (Wildman–Crippen MR) is 224 cm³/mol. The molecule has 0 bridgehead atoms. The maximum Gasteiger partial charge on any atom is 0.326 e. The SMILES string of the molecule is NCCCCC(N)C(=O)NC(CCC(=O)O)C(=O)NC(CC(=O)O)C(=O)NC(CCC(=O)O)C(=O)NCC(=O)NC(CO)C(=O)NCC(=O)NC(CC(=O)O)C(=O)NC(CCCCN)C(=O)O. The first-order valence-electron chi connectivity index (χ1n) is 20.7. The Balaban J connectivity index is 5.78. The van der Waals surface area contributed by atoms with Crippen molar-refractivity contribution in [2.24, 2.45) is 17.2 Å². The highest BCUT2D eigenvalue weighted by atomic mass is 16.4. The van der Waals surface area contributed by atoms with Gasteiger partial charge in [-0.15, -0.1) is 0 Å². The number of carboxylic acid groups (broad SMARTS) is 5. The van der Waals surface area contributed by atoms with Gasteiger partial charge in [0.05, 0.1) is 38.6 Å². The van der Waals surface area contributed by atoms with Crippen molar-refractivity contribution in [3.05, 3.63) is 0 Å². The number of carbonyl (C=O) groups excluding carboxylic acids is 8. The van der Waals surface area contributed by atoms with Crippen LogP contribution in [0.25, 0.3) is 0 Å². The van der Waals surface area contributed by atoms with Crippen molar-refractivity contribution in [1.82, 2.24) is 42.5 Å². The number of amides is 8. The third-order valence-electron chi connectivity index (χ3n) is 9.15. The van der Waals surface area contributed by atoms with E-state index in [0.29, 0.717) is 32.2 Å². The molecule has 0 aliphatic carbocycles. The van der Waals surface area contributed by atoms with Crippen molar-refractivity contribution >= 4 is 77.1 Å². The number of hydrogen-bond acceptors (Lipinski definition) is 17. The number of nitrogens with one attached hydrogen (secondary N) is 8. The molecule has 0 heterocycles. The van der Waals surface area contributed by atoms with Crippen molar-refractivity contribution in [3.63, 3.8) is 0 Å². The molecule has 8 amide bonds. The highest BCUT2D eigenvalue weighted by Crippen LogP contribution is 2.07. The van der Waals surface area contributed by atoms with Crippen LogP contribution in [0, 0.1) is 0 Å². The molecule has 7 atom stereocenters. The molecule has 0 aromatic rings. The predicted octanol–water partition coefficient (Wildman–Crippen LogP) is -7.53. The molecule has 30 nitrogen and oxygen atoms in total. The Hall–Kier alpha value is -7.05. The summed E-state index contributed by atoms with van der Waals surface area (Å²) in [5.41, 5.74) is 16.7. The minimum Gasteiger partial charge on any atom is -0.481 e. The van der Waals surface area contributed by atoms with Gasteiger partial charge in [-0.2, -0.15) is 0 Å². The molecule has 0 aliphatic rings. The number of rotatable bonds is 36. The van der Waals surface area contributed by atoms with Crippen LogP contribution in [-0.4, -0.2) is 183 Å². The van der Waals surface area contributed by atoms with Gasteiger partial charge in [-0.25, -0.2) is 4.79 Å². The van der Waals surface area contributed by atoms with Gasteiger partial charge in [0.2, 0.25) is 47.3 Å². The minimum absolute atomic E-state index is 0.0595. The van der Waals surface area contributed by atoms with E-state index in [4.69, 9.17) is 22.3 Å². The third-order valence-corrected chi connectivity index (χ3v) is 9.15. The van der Waals surface area contributed by atoms with Crippen LogP contribution in [0.15, 0.2) is 0 Å². The second kappa shape index (κ2) is 32.6. The highest BCUT2D eigenvalue weighted by Gasteiger charge is 2.33. The molecule has 0 spiro atoms. The van der Waals surface area contributed by atoms with Crippen molar-refractivity contribution < 1.29 is 93.0 Å². The van der Waals surface area contributed by atoms with Gasteiger partial charge in [0.15, 0.2) is 0 Å². The summed E-state index contributed by atoms with van der Waals surface area (Å²) in [4.78, 5) is 160. The molecule has 30 heteroatoms. The number of aliphatic hydroxyl groups excluding tert-OH is 1. The van der Waals surface area contributed by atoms with Gasteiger partial charge in [-0.05, 0) is 58.0 Å². The van der Waals surface area contributed by atoms with E-state index < -0.39 is 178 Å². The summed E-state index contributed by atoms with van der Waals surface area (Å²) in [6.07, 6.45) is -3.03. The first-order chi connectivity index (χ1) is 31.4. The van der Waals surface area contributed by atoms with Crippen LogP contribution in [0.3, 0.4) is 0 Å². The van der Waals surface area contributed by atoms with E-state index in [0.717, 1.165) is 0 Å². The maximum atomic E-state index is 13.3. The highest BCUT2D eigenvalue weighted by molar-refractivity contribution is 5.98. The van der Waals surface area contributed by atoms with Crippen molar-refractivity contribution in [2.75, 3.05) is 32.8 Å². The number of carbonyl (C=O) groups is 13. The summed E-state index contributed by atoms with van der Waals surface area (Å²) in [6.45, 7) is -2.52. The Labute approximate surface area is 381 Å². The summed E-state index contributed by atoms with van der Waals surface area (Å²) >= 11 is 0. The Morgan fingerprint density at radius 3 is 1.21 bits per heavy atom. The normalized spacial score (nSPS) is 13.9. The van der Waals surface area contributed by atoms with Crippen LogP contribution in [0.1, 0.15) is 77.0 Å². The lowest BCUT2D eigenvalue weighted by molar-refractivity contribution is -0.144. The van der Waals surface area contributed by atoms with E-state index in [1.54, 1.807) is 0 Å². The lowest BCUT2D eigenvalue weighted by Crippen LogP contribution is -2.58. The molecule has 67 heavy (non-hydrogen) atoms. The van der Waals surface area contributed by atoms with Crippen molar-refractivity contribution in [1.29, 1.82) is 0 Å². The molecule has 0 aromatic carbocycles. The first kappa shape index (κ1) is 59.9. The average molecular weight is 964 g/mol. The van der Waals surface area contributed by atoms with E-state index in [1.807, 2.05) is 21.3 Å². The van der Waals surface area contributed by atoms with Gasteiger partial charge in [-0.3, -0.25) is 57.5 Å². The number of aliphatic hydroxyl groups is 1. The van der Waals surface area contributed by atoms with E-state index in [-0.39, 0.29) is 19.4 Å². The van der Waals surface area contributed by atoms with E-state index >= 15 is 0 Å². The number of aliphatic carboxylic acids is 5. The molecule has 0 rings (SSSR count). The summed E-state index contributed by atoms with van der Waals surface area (Å²) in [7, 11) is 0. The molecule has 0 aliphatic heterocycles. The summed E-state index contributed by atoms with van der Waals surface area (Å²) in [5.74, 6) is -16.9. The topological polar surface area (TPSA) is 518 Å². The van der Waals surface area contributed by atoms with Gasteiger partial charge < -0.3 is 90.4 Å². The zero-order valence-electron chi connectivity index (χ0n) is 36.3. The smallest absolute Gasteiger partial charge is 0.326 e. The summed E-state index contributed by atoms with van der Waals surface area (Å²) < 4.78 is 0. The lowest BCUT2D eigenvalue weighted by Gasteiger charge is -2.25. The molecule has 0 aromatic heterocycles. The Bertz CT molecular complexity index is 1770. The van der Waals surface area contributed by atoms with Crippen LogP contribution in [0.2, 0.25) is 0 Å². The van der Waals surface area contributed by atoms with Crippen LogP contribution in [-0.2, 0) is 62.3 Å². The quantitative estimate of drug-likeness (QED) is 0.0259. The van der Waals surface area contributed by atoms with Gasteiger partial charge in [-0.1, -0.05) is 6.42 Å². The second-order valence-corrected chi connectivity index (χ2v) is 14.7. The van der Waals surface area contributed by atoms with Crippen molar-refractivity contribution in [3.8, 4) is 0 Å². The first-order valence-corrected chi connectivity index (χ1v) is 20.7. The number of nitrogens with two attached hydrogens (primary N) is 3. The second-order valence-electron chi connectivity index (χ2n) is 14.7. The summed E-state index contributed by atoms with van der Waals surface area (Å²) in [6, 6.07) is -11.7. The fourth-order valence-electron chi connectivity index (χ4n) is 5.59. The molecule has 0 saturated heterocycles. The van der Waals surface area contributed by atoms with E-state index in [2.05, 4.69) is 21.3 Å². The lowest BCUT2D eigenvalue weighted by atomic mass is 10.1. The fraction of sp³-hybridized carbons (Fsp3) is 0.649. The van der Waals surface area contributed by atoms with Gasteiger partial charge in [0.25, 0.3) is 0 Å². The molecule has 7 unspecified atom stereocenters. The van der Waals surface area contributed by atoms with Crippen LogP contribution < -0.4 is 59.7 Å². The zero-order valence-corrected chi connectivity index (χ0v) is 36.3.